The molecular formula is C25H21N3O6S. The summed E-state index contributed by atoms with van der Waals surface area (Å²) in [6, 6.07) is 15.8. The zero-order chi connectivity index (χ0) is 25.2. The zero-order valence-corrected chi connectivity index (χ0v) is 19.5. The Kier molecular flexibility index (Phi) is 6.50. The zero-order valence-electron chi connectivity index (χ0n) is 18.7. The first-order valence-corrected chi connectivity index (χ1v) is 11.9. The van der Waals surface area contributed by atoms with E-state index in [4.69, 9.17) is 14.3 Å². The van der Waals surface area contributed by atoms with Crippen LogP contribution in [-0.2, 0) is 19.6 Å². The molecule has 0 aliphatic carbocycles. The van der Waals surface area contributed by atoms with Crippen molar-refractivity contribution in [2.45, 2.75) is 11.8 Å². The van der Waals surface area contributed by atoms with Gasteiger partial charge in [-0.1, -0.05) is 24.8 Å². The van der Waals surface area contributed by atoms with Crippen molar-refractivity contribution in [1.82, 2.24) is 0 Å². The molecule has 0 radical (unpaired) electrons. The normalized spacial score (nSPS) is 14.8. The number of primary sulfonamides is 1. The second-order valence-corrected chi connectivity index (χ2v) is 9.13. The number of amides is 1. The molecule has 2 aromatic carbocycles. The van der Waals surface area contributed by atoms with Crippen LogP contribution in [0.15, 0.2) is 93.3 Å². The van der Waals surface area contributed by atoms with Gasteiger partial charge in [-0.15, -0.1) is 0 Å². The first-order valence-electron chi connectivity index (χ1n) is 10.4. The van der Waals surface area contributed by atoms with Crippen molar-refractivity contribution < 1.29 is 27.2 Å². The fraction of sp³-hybridized carbons (Fsp3) is 0.0800. The van der Waals surface area contributed by atoms with Gasteiger partial charge < -0.3 is 9.15 Å². The van der Waals surface area contributed by atoms with Crippen LogP contribution in [0.4, 0.5) is 5.69 Å². The van der Waals surface area contributed by atoms with Crippen molar-refractivity contribution in [3.05, 3.63) is 90.2 Å². The Morgan fingerprint density at radius 1 is 1.11 bits per heavy atom. The van der Waals surface area contributed by atoms with Gasteiger partial charge in [-0.3, -0.25) is 4.79 Å². The van der Waals surface area contributed by atoms with Crippen LogP contribution >= 0.6 is 0 Å². The summed E-state index contributed by atoms with van der Waals surface area (Å²) in [5.41, 5.74) is 2.37. The molecule has 2 heterocycles. The van der Waals surface area contributed by atoms with Crippen molar-refractivity contribution in [2.75, 3.05) is 11.6 Å². The maximum absolute atomic E-state index is 13.0. The summed E-state index contributed by atoms with van der Waals surface area (Å²) in [5, 5.41) is 10.6. The summed E-state index contributed by atoms with van der Waals surface area (Å²) in [5.74, 6) is 0.169. The molecule has 0 atom stereocenters. The molecule has 0 spiro atoms. The minimum atomic E-state index is -3.84. The minimum Gasteiger partial charge on any atom is -0.458 e. The SMILES string of the molecule is C=CCOC(=O)c1ccc(-c2ccc(/C=C3/C(=O)N(c4ccc(S(N)(=O)=O)cc4)N=C3C)o2)cc1. The number of nitrogens with zero attached hydrogens (tertiary/aromatic N) is 2. The molecule has 0 unspecified atom stereocenters. The van der Waals surface area contributed by atoms with Crippen LogP contribution in [-0.4, -0.2) is 32.6 Å². The van der Waals surface area contributed by atoms with E-state index in [0.29, 0.717) is 34.1 Å². The van der Waals surface area contributed by atoms with Crippen molar-refractivity contribution in [3.8, 4) is 11.3 Å². The Bertz CT molecular complexity index is 1470. The Morgan fingerprint density at radius 3 is 2.43 bits per heavy atom. The van der Waals surface area contributed by atoms with Gasteiger partial charge >= 0.3 is 5.97 Å². The third-order valence-electron chi connectivity index (χ3n) is 5.12. The number of hydrazone groups is 1. The number of sulfonamides is 1. The van der Waals surface area contributed by atoms with Crippen LogP contribution in [0.3, 0.4) is 0 Å². The lowest BCUT2D eigenvalue weighted by molar-refractivity contribution is -0.114. The summed E-state index contributed by atoms with van der Waals surface area (Å²) in [4.78, 5) is 24.8. The fourth-order valence-electron chi connectivity index (χ4n) is 3.35. The quantitative estimate of drug-likeness (QED) is 0.304. The maximum Gasteiger partial charge on any atom is 0.338 e. The van der Waals surface area contributed by atoms with Gasteiger partial charge in [-0.25, -0.2) is 18.4 Å². The van der Waals surface area contributed by atoms with Crippen LogP contribution in [0.25, 0.3) is 17.4 Å². The lowest BCUT2D eigenvalue weighted by Gasteiger charge is -2.11. The predicted molar refractivity (Wildman–Crippen MR) is 131 cm³/mol. The third kappa shape index (κ3) is 5.13. The molecule has 3 aromatic rings. The highest BCUT2D eigenvalue weighted by Crippen LogP contribution is 2.28. The Hall–Kier alpha value is -4.28. The number of furan rings is 1. The molecule has 1 amide bonds. The van der Waals surface area contributed by atoms with Gasteiger partial charge in [0, 0.05) is 5.56 Å². The first kappa shape index (κ1) is 23.9. The number of rotatable bonds is 7. The highest BCUT2D eigenvalue weighted by molar-refractivity contribution is 7.89. The van der Waals surface area contributed by atoms with Crippen LogP contribution in [0.2, 0.25) is 0 Å². The predicted octanol–water partition coefficient (Wildman–Crippen LogP) is 3.74. The number of carbonyl (C=O) groups is 2. The molecule has 1 aromatic heterocycles. The van der Waals surface area contributed by atoms with Crippen molar-refractivity contribution >= 4 is 39.4 Å². The molecule has 10 heteroatoms. The standard InChI is InChI=1S/C25H21N3O6S/c1-3-14-33-25(30)18-6-4-17(5-7-18)23-13-10-20(34-23)15-22-16(2)27-28(24(22)29)19-8-11-21(12-9-19)35(26,31)32/h3-13,15H,1,14H2,2H3,(H2,26,31,32)/b22-15+. The smallest absolute Gasteiger partial charge is 0.338 e. The van der Waals surface area contributed by atoms with E-state index in [0.717, 1.165) is 5.56 Å². The van der Waals surface area contributed by atoms with Gasteiger partial charge in [0.25, 0.3) is 5.91 Å². The Morgan fingerprint density at radius 2 is 1.80 bits per heavy atom. The Balaban J connectivity index is 1.52. The number of ether oxygens (including phenoxy) is 1. The van der Waals surface area contributed by atoms with Crippen LogP contribution < -0.4 is 10.1 Å². The molecule has 1 aliphatic rings. The molecule has 1 aliphatic heterocycles. The second-order valence-electron chi connectivity index (χ2n) is 7.57. The van der Waals surface area contributed by atoms with E-state index in [9.17, 15) is 18.0 Å². The molecule has 0 bridgehead atoms. The van der Waals surface area contributed by atoms with Crippen LogP contribution in [0.5, 0.6) is 0 Å². The number of benzene rings is 2. The largest absolute Gasteiger partial charge is 0.458 e. The summed E-state index contributed by atoms with van der Waals surface area (Å²) in [6.07, 6.45) is 3.08. The summed E-state index contributed by atoms with van der Waals surface area (Å²) in [6.45, 7) is 5.34. The van der Waals surface area contributed by atoms with E-state index >= 15 is 0 Å². The van der Waals surface area contributed by atoms with E-state index in [-0.39, 0.29) is 17.4 Å². The Labute approximate surface area is 201 Å². The molecule has 2 N–H and O–H groups in total. The molecule has 9 nitrogen and oxygen atoms in total. The monoisotopic (exact) mass is 491 g/mol. The fourth-order valence-corrected chi connectivity index (χ4v) is 3.87. The highest BCUT2D eigenvalue weighted by Gasteiger charge is 2.29. The maximum atomic E-state index is 13.0. The van der Waals surface area contributed by atoms with E-state index in [2.05, 4.69) is 11.7 Å². The molecule has 35 heavy (non-hydrogen) atoms. The average Bonchev–Trinajstić information content (AvgIpc) is 3.42. The topological polar surface area (TPSA) is 132 Å². The summed E-state index contributed by atoms with van der Waals surface area (Å²) < 4.78 is 33.8. The van der Waals surface area contributed by atoms with Crippen LogP contribution in [0.1, 0.15) is 23.0 Å². The van der Waals surface area contributed by atoms with Gasteiger partial charge in [-0.05, 0) is 61.5 Å². The van der Waals surface area contributed by atoms with E-state index in [1.807, 2.05) is 0 Å². The molecule has 178 valence electrons. The molecule has 4 rings (SSSR count). The van der Waals surface area contributed by atoms with Crippen LogP contribution in [0, 0.1) is 0 Å². The number of nitrogens with two attached hydrogens (primary N) is 1. The van der Waals surface area contributed by atoms with E-state index < -0.39 is 16.0 Å². The minimum absolute atomic E-state index is 0.0610. The number of anilines is 1. The number of hydrogen-bond donors (Lipinski definition) is 1. The number of hydrogen-bond acceptors (Lipinski definition) is 7. The first-order chi connectivity index (χ1) is 16.7. The van der Waals surface area contributed by atoms with Crippen molar-refractivity contribution in [2.24, 2.45) is 10.2 Å². The van der Waals surface area contributed by atoms with Gasteiger partial charge in [-0.2, -0.15) is 10.1 Å². The summed E-state index contributed by atoms with van der Waals surface area (Å²) in [7, 11) is -3.84. The molecular weight excluding hydrogens is 470 g/mol. The third-order valence-corrected chi connectivity index (χ3v) is 6.05. The van der Waals surface area contributed by atoms with E-state index in [1.54, 1.807) is 49.4 Å². The second kappa shape index (κ2) is 9.53. The lowest BCUT2D eigenvalue weighted by Crippen LogP contribution is -2.21. The highest BCUT2D eigenvalue weighted by atomic mass is 32.2. The van der Waals surface area contributed by atoms with Crippen molar-refractivity contribution in [1.29, 1.82) is 0 Å². The number of esters is 1. The molecule has 0 saturated carbocycles. The average molecular weight is 492 g/mol. The van der Waals surface area contributed by atoms with Gasteiger partial charge in [0.15, 0.2) is 0 Å². The number of carbonyl (C=O) groups excluding carboxylic acids is 2. The summed E-state index contributed by atoms with van der Waals surface area (Å²) >= 11 is 0. The molecule has 0 fully saturated rings. The van der Waals surface area contributed by atoms with E-state index in [1.165, 1.54) is 35.4 Å². The van der Waals surface area contributed by atoms with Gasteiger partial charge in [0.05, 0.1) is 27.4 Å². The lowest BCUT2D eigenvalue weighted by atomic mass is 10.1. The van der Waals surface area contributed by atoms with Gasteiger partial charge in [0.2, 0.25) is 10.0 Å². The van der Waals surface area contributed by atoms with Gasteiger partial charge in [0.1, 0.15) is 18.1 Å². The van der Waals surface area contributed by atoms with Crippen molar-refractivity contribution in [3.63, 3.8) is 0 Å². The molecule has 0 saturated heterocycles.